The molecule has 0 saturated heterocycles. The van der Waals surface area contributed by atoms with E-state index in [4.69, 9.17) is 11.6 Å². The number of hydrogen-bond acceptors (Lipinski definition) is 0. The van der Waals surface area contributed by atoms with E-state index in [0.29, 0.717) is 5.88 Å². The molecule has 1 heteroatoms. The van der Waals surface area contributed by atoms with Crippen LogP contribution in [0.3, 0.4) is 0 Å². The van der Waals surface area contributed by atoms with E-state index in [0.717, 1.165) is 12.8 Å². The summed E-state index contributed by atoms with van der Waals surface area (Å²) in [5.41, 5.74) is 2.58. The monoisotopic (exact) mass is 206 g/mol. The molecular formula is C13H15Cl. The smallest absolute Gasteiger partial charge is 0.0404 e. The highest BCUT2D eigenvalue weighted by Gasteiger charge is 1.95. The van der Waals surface area contributed by atoms with Gasteiger partial charge in [0.1, 0.15) is 0 Å². The highest BCUT2D eigenvalue weighted by atomic mass is 35.5. The van der Waals surface area contributed by atoms with E-state index in [9.17, 15) is 0 Å². The predicted molar refractivity (Wildman–Crippen MR) is 64.7 cm³/mol. The van der Waals surface area contributed by atoms with E-state index >= 15 is 0 Å². The third kappa shape index (κ3) is 3.39. The van der Waals surface area contributed by atoms with Crippen molar-refractivity contribution < 1.29 is 0 Å². The van der Waals surface area contributed by atoms with Gasteiger partial charge in [0.2, 0.25) is 0 Å². The van der Waals surface area contributed by atoms with Crippen molar-refractivity contribution in [3.8, 4) is 0 Å². The molecule has 0 spiro atoms. The molecule has 0 aliphatic rings. The first-order chi connectivity index (χ1) is 6.88. The van der Waals surface area contributed by atoms with Crippen LogP contribution in [-0.2, 0) is 6.42 Å². The van der Waals surface area contributed by atoms with Crippen molar-refractivity contribution >= 4 is 17.7 Å². The molecule has 0 aliphatic carbocycles. The van der Waals surface area contributed by atoms with Crippen molar-refractivity contribution in [2.24, 2.45) is 0 Å². The molecule has 74 valence electrons. The van der Waals surface area contributed by atoms with Gasteiger partial charge in [-0.1, -0.05) is 49.1 Å². The standard InChI is InChI=1S/C13H15Cl/c1-2-12-8-5-6-10-13(12)9-4-3-7-11-14/h2-3,5-8,10H,1,4,9,11H2/b7-3+. The summed E-state index contributed by atoms with van der Waals surface area (Å²) < 4.78 is 0. The number of hydrogen-bond donors (Lipinski definition) is 0. The van der Waals surface area contributed by atoms with E-state index in [1.807, 2.05) is 18.2 Å². The molecule has 1 aromatic rings. The Labute approximate surface area is 90.9 Å². The van der Waals surface area contributed by atoms with Crippen LogP contribution < -0.4 is 0 Å². The average Bonchev–Trinajstić information content (AvgIpc) is 2.25. The van der Waals surface area contributed by atoms with Crippen molar-refractivity contribution in [1.82, 2.24) is 0 Å². The number of alkyl halides is 1. The first-order valence-corrected chi connectivity index (χ1v) is 5.33. The lowest BCUT2D eigenvalue weighted by atomic mass is 10.0. The Balaban J connectivity index is 2.57. The van der Waals surface area contributed by atoms with Crippen LogP contribution in [0.5, 0.6) is 0 Å². The Morgan fingerprint density at radius 2 is 2.00 bits per heavy atom. The summed E-state index contributed by atoms with van der Waals surface area (Å²) in [6, 6.07) is 8.34. The Morgan fingerprint density at radius 1 is 1.21 bits per heavy atom. The summed E-state index contributed by atoms with van der Waals surface area (Å²) in [5, 5.41) is 0. The summed E-state index contributed by atoms with van der Waals surface area (Å²) in [7, 11) is 0. The summed E-state index contributed by atoms with van der Waals surface area (Å²) >= 11 is 5.54. The van der Waals surface area contributed by atoms with Crippen molar-refractivity contribution in [3.05, 3.63) is 54.1 Å². The fourth-order valence-electron chi connectivity index (χ4n) is 1.38. The minimum Gasteiger partial charge on any atom is -0.122 e. The van der Waals surface area contributed by atoms with Crippen molar-refractivity contribution in [1.29, 1.82) is 0 Å². The van der Waals surface area contributed by atoms with Crippen LogP contribution in [0.2, 0.25) is 0 Å². The third-order valence-electron chi connectivity index (χ3n) is 2.11. The van der Waals surface area contributed by atoms with Crippen molar-refractivity contribution in [2.45, 2.75) is 12.8 Å². The van der Waals surface area contributed by atoms with E-state index in [-0.39, 0.29) is 0 Å². The van der Waals surface area contributed by atoms with Crippen LogP contribution in [0, 0.1) is 0 Å². The lowest BCUT2D eigenvalue weighted by molar-refractivity contribution is 0.996. The van der Waals surface area contributed by atoms with Crippen molar-refractivity contribution in [2.75, 3.05) is 5.88 Å². The molecule has 0 radical (unpaired) electrons. The molecule has 0 unspecified atom stereocenters. The summed E-state index contributed by atoms with van der Waals surface area (Å²) in [6.07, 6.45) is 8.10. The van der Waals surface area contributed by atoms with Gasteiger partial charge in [-0.3, -0.25) is 0 Å². The van der Waals surface area contributed by atoms with Gasteiger partial charge in [-0.2, -0.15) is 0 Å². The Hall–Kier alpha value is -1.01. The fourth-order valence-corrected chi connectivity index (χ4v) is 1.51. The number of allylic oxidation sites excluding steroid dienone is 2. The largest absolute Gasteiger partial charge is 0.122 e. The molecule has 0 aliphatic heterocycles. The molecule has 0 heterocycles. The average molecular weight is 207 g/mol. The maximum absolute atomic E-state index is 5.54. The van der Waals surface area contributed by atoms with Crippen LogP contribution in [0.1, 0.15) is 17.5 Å². The highest BCUT2D eigenvalue weighted by molar-refractivity contribution is 6.18. The van der Waals surface area contributed by atoms with Crippen molar-refractivity contribution in [3.63, 3.8) is 0 Å². The molecule has 0 aromatic heterocycles. The topological polar surface area (TPSA) is 0 Å². The minimum atomic E-state index is 0.600. The van der Waals surface area contributed by atoms with Gasteiger partial charge in [0.05, 0.1) is 0 Å². The predicted octanol–water partition coefficient (Wildman–Crippen LogP) is 4.06. The number of halogens is 1. The molecule has 14 heavy (non-hydrogen) atoms. The van der Waals surface area contributed by atoms with E-state index < -0.39 is 0 Å². The zero-order chi connectivity index (χ0) is 10.2. The molecular weight excluding hydrogens is 192 g/mol. The second kappa shape index (κ2) is 6.44. The Morgan fingerprint density at radius 3 is 2.71 bits per heavy atom. The van der Waals surface area contributed by atoms with Crippen LogP contribution in [0.15, 0.2) is 43.0 Å². The number of aryl methyl sites for hydroxylation is 1. The molecule has 0 N–H and O–H groups in total. The van der Waals surface area contributed by atoms with Crippen LogP contribution in [0.4, 0.5) is 0 Å². The van der Waals surface area contributed by atoms with Gasteiger partial charge in [0, 0.05) is 5.88 Å². The van der Waals surface area contributed by atoms with Crippen LogP contribution in [-0.4, -0.2) is 5.88 Å². The quantitative estimate of drug-likeness (QED) is 0.504. The third-order valence-corrected chi connectivity index (χ3v) is 2.29. The van der Waals surface area contributed by atoms with Gasteiger partial charge >= 0.3 is 0 Å². The number of benzene rings is 1. The fraction of sp³-hybridized carbons (Fsp3) is 0.231. The first-order valence-electron chi connectivity index (χ1n) is 4.79. The molecule has 0 nitrogen and oxygen atoms in total. The highest BCUT2D eigenvalue weighted by Crippen LogP contribution is 2.12. The maximum atomic E-state index is 5.54. The molecule has 1 aromatic carbocycles. The van der Waals surface area contributed by atoms with Gasteiger partial charge in [0.25, 0.3) is 0 Å². The van der Waals surface area contributed by atoms with Gasteiger partial charge in [-0.15, -0.1) is 11.6 Å². The van der Waals surface area contributed by atoms with E-state index in [1.165, 1.54) is 11.1 Å². The van der Waals surface area contributed by atoms with Gasteiger partial charge < -0.3 is 0 Å². The molecule has 0 bridgehead atoms. The summed E-state index contributed by atoms with van der Waals surface area (Å²) in [6.45, 7) is 3.80. The molecule has 0 saturated carbocycles. The lowest BCUT2D eigenvalue weighted by Crippen LogP contribution is -1.87. The second-order valence-electron chi connectivity index (χ2n) is 3.07. The van der Waals surface area contributed by atoms with Crippen LogP contribution >= 0.6 is 11.6 Å². The summed E-state index contributed by atoms with van der Waals surface area (Å²) in [5.74, 6) is 0.600. The zero-order valence-electron chi connectivity index (χ0n) is 8.25. The van der Waals surface area contributed by atoms with Gasteiger partial charge in [-0.25, -0.2) is 0 Å². The zero-order valence-corrected chi connectivity index (χ0v) is 9.00. The Kier molecular flexibility index (Phi) is 5.09. The maximum Gasteiger partial charge on any atom is 0.0404 e. The summed E-state index contributed by atoms with van der Waals surface area (Å²) in [4.78, 5) is 0. The van der Waals surface area contributed by atoms with E-state index in [1.54, 1.807) is 0 Å². The lowest BCUT2D eigenvalue weighted by Gasteiger charge is -2.02. The normalized spacial score (nSPS) is 10.6. The van der Waals surface area contributed by atoms with Gasteiger partial charge in [-0.05, 0) is 24.0 Å². The minimum absolute atomic E-state index is 0.600. The SMILES string of the molecule is C=Cc1ccccc1CC/C=C/CCl. The molecule has 0 atom stereocenters. The second-order valence-corrected chi connectivity index (χ2v) is 3.38. The molecule has 1 rings (SSSR count). The Bertz CT molecular complexity index is 313. The van der Waals surface area contributed by atoms with Crippen LogP contribution in [0.25, 0.3) is 6.08 Å². The number of rotatable bonds is 5. The van der Waals surface area contributed by atoms with E-state index in [2.05, 4.69) is 30.9 Å². The molecule has 0 amide bonds. The molecule has 0 fully saturated rings. The first kappa shape index (κ1) is 11.1. The van der Waals surface area contributed by atoms with Gasteiger partial charge in [0.15, 0.2) is 0 Å².